The van der Waals surface area contributed by atoms with Crippen LogP contribution in [0.1, 0.15) is 43.8 Å². The zero-order valence-electron chi connectivity index (χ0n) is 18.0. The molecule has 1 aromatic carbocycles. The van der Waals surface area contributed by atoms with Crippen LogP contribution in [0.3, 0.4) is 0 Å². The summed E-state index contributed by atoms with van der Waals surface area (Å²) in [5.41, 5.74) is 1.83. The molecule has 3 aromatic heterocycles. The van der Waals surface area contributed by atoms with Crippen molar-refractivity contribution in [3.63, 3.8) is 0 Å². The van der Waals surface area contributed by atoms with Gasteiger partial charge < -0.3 is 10.3 Å². The number of unbranched alkanes of at least 4 members (excludes halogenated alkanes) is 3. The Balaban J connectivity index is 1.31. The molecule has 0 aliphatic carbocycles. The predicted octanol–water partition coefficient (Wildman–Crippen LogP) is 2.94. The van der Waals surface area contributed by atoms with E-state index in [2.05, 4.69) is 51.5 Å². The second-order valence-corrected chi connectivity index (χ2v) is 9.22. The SMILES string of the molecule is O=C(NCCCCCc1nn[nH]n1)N(CCCCc1nn[nH]n1)c1ccc2[nH]c(=S)sc2c1. The molecule has 0 saturated carbocycles. The van der Waals surface area contributed by atoms with E-state index in [1.165, 1.54) is 11.3 Å². The molecule has 0 aliphatic heterocycles. The van der Waals surface area contributed by atoms with Crippen LogP contribution in [0.5, 0.6) is 0 Å². The quantitative estimate of drug-likeness (QED) is 0.175. The number of hydrogen-bond donors (Lipinski definition) is 4. The number of benzene rings is 1. The molecule has 14 heteroatoms. The maximum Gasteiger partial charge on any atom is 0.321 e. The van der Waals surface area contributed by atoms with Crippen LogP contribution >= 0.6 is 23.6 Å². The van der Waals surface area contributed by atoms with E-state index in [0.29, 0.717) is 25.3 Å². The monoisotopic (exact) mass is 487 g/mol. The van der Waals surface area contributed by atoms with Crippen molar-refractivity contribution in [2.45, 2.75) is 44.9 Å². The van der Waals surface area contributed by atoms with Gasteiger partial charge in [-0.2, -0.15) is 10.4 Å². The van der Waals surface area contributed by atoms with Gasteiger partial charge >= 0.3 is 6.03 Å². The highest BCUT2D eigenvalue weighted by molar-refractivity contribution is 7.73. The Labute approximate surface area is 198 Å². The third-order valence-corrected chi connectivity index (χ3v) is 6.32. The van der Waals surface area contributed by atoms with E-state index in [4.69, 9.17) is 12.2 Å². The van der Waals surface area contributed by atoms with Crippen molar-refractivity contribution in [1.82, 2.24) is 51.5 Å². The molecule has 12 nitrogen and oxygen atoms in total. The number of rotatable bonds is 12. The van der Waals surface area contributed by atoms with Crippen molar-refractivity contribution < 1.29 is 4.79 Å². The molecule has 33 heavy (non-hydrogen) atoms. The van der Waals surface area contributed by atoms with Crippen molar-refractivity contribution in [3.8, 4) is 0 Å². The van der Waals surface area contributed by atoms with E-state index >= 15 is 0 Å². The smallest absolute Gasteiger partial charge is 0.321 e. The standard InChI is InChI=1S/C19H25N11OS2/c31-18(20-10-4-1-2-6-16-22-26-27-23-16)30(11-5-3-7-17-24-28-29-25-17)13-8-9-14-15(12-13)33-19(32)21-14/h8-9,12H,1-7,10-11H2,(H,20,31)(H,21,32)(H,22,23,26,27)(H,24,25,28,29). The largest absolute Gasteiger partial charge is 0.338 e. The predicted molar refractivity (Wildman–Crippen MR) is 127 cm³/mol. The molecule has 0 bridgehead atoms. The summed E-state index contributed by atoms with van der Waals surface area (Å²) in [6.45, 7) is 1.19. The summed E-state index contributed by atoms with van der Waals surface area (Å²) in [5, 5.41) is 31.0. The molecule has 3 heterocycles. The maximum absolute atomic E-state index is 13.0. The number of amides is 2. The minimum absolute atomic E-state index is 0.105. The lowest BCUT2D eigenvalue weighted by Crippen LogP contribution is -2.41. The minimum Gasteiger partial charge on any atom is -0.338 e. The summed E-state index contributed by atoms with van der Waals surface area (Å²) < 4.78 is 1.75. The first-order valence-electron chi connectivity index (χ1n) is 10.8. The highest BCUT2D eigenvalue weighted by Gasteiger charge is 2.16. The fourth-order valence-corrected chi connectivity index (χ4v) is 4.60. The second-order valence-electron chi connectivity index (χ2n) is 7.50. The lowest BCUT2D eigenvalue weighted by molar-refractivity contribution is 0.246. The first-order valence-corrected chi connectivity index (χ1v) is 12.0. The topological polar surface area (TPSA) is 157 Å². The molecule has 4 N–H and O–H groups in total. The van der Waals surface area contributed by atoms with Crippen LogP contribution in [-0.4, -0.2) is 65.4 Å². The molecule has 2 amide bonds. The number of nitrogens with zero attached hydrogens (tertiary/aromatic N) is 7. The Bertz CT molecular complexity index is 1190. The van der Waals surface area contributed by atoms with Crippen LogP contribution in [0.15, 0.2) is 18.2 Å². The lowest BCUT2D eigenvalue weighted by atomic mass is 10.2. The third kappa shape index (κ3) is 6.61. The van der Waals surface area contributed by atoms with E-state index in [1.807, 2.05) is 18.2 Å². The Kier molecular flexibility index (Phi) is 8.03. The van der Waals surface area contributed by atoms with E-state index in [0.717, 1.165) is 64.2 Å². The van der Waals surface area contributed by atoms with Gasteiger partial charge in [0.2, 0.25) is 0 Å². The first kappa shape index (κ1) is 22.9. The van der Waals surface area contributed by atoms with Gasteiger partial charge in [-0.1, -0.05) is 16.8 Å². The van der Waals surface area contributed by atoms with Crippen LogP contribution in [0.25, 0.3) is 10.2 Å². The van der Waals surface area contributed by atoms with Crippen molar-refractivity contribution in [2.24, 2.45) is 0 Å². The number of aromatic nitrogens is 9. The number of hydrogen-bond acceptors (Lipinski definition) is 9. The summed E-state index contributed by atoms with van der Waals surface area (Å²) in [5.74, 6) is 1.40. The van der Waals surface area contributed by atoms with E-state index in [1.54, 1.807) is 4.90 Å². The number of carbonyl (C=O) groups is 1. The number of nitrogens with one attached hydrogen (secondary N) is 4. The summed E-state index contributed by atoms with van der Waals surface area (Å²) in [7, 11) is 0. The number of anilines is 1. The Hall–Kier alpha value is -3.26. The Morgan fingerprint density at radius 2 is 1.73 bits per heavy atom. The molecule has 4 rings (SSSR count). The number of urea groups is 1. The summed E-state index contributed by atoms with van der Waals surface area (Å²) in [4.78, 5) is 18.0. The normalized spacial score (nSPS) is 11.2. The second kappa shape index (κ2) is 11.6. The molecule has 174 valence electrons. The third-order valence-electron chi connectivity index (χ3n) is 5.13. The van der Waals surface area contributed by atoms with Crippen LogP contribution in [0.2, 0.25) is 0 Å². The summed E-state index contributed by atoms with van der Waals surface area (Å²) >= 11 is 6.76. The van der Waals surface area contributed by atoms with Gasteiger partial charge in [-0.15, -0.1) is 31.7 Å². The van der Waals surface area contributed by atoms with Gasteiger partial charge in [0, 0.05) is 31.6 Å². The molecular formula is C19H25N11OS2. The molecular weight excluding hydrogens is 462 g/mol. The summed E-state index contributed by atoms with van der Waals surface area (Å²) in [6.07, 6.45) is 5.96. The Morgan fingerprint density at radius 1 is 1.00 bits per heavy atom. The number of H-pyrrole nitrogens is 3. The number of tetrazole rings is 2. The Morgan fingerprint density at radius 3 is 2.42 bits per heavy atom. The minimum atomic E-state index is -0.105. The van der Waals surface area contributed by atoms with Crippen molar-refractivity contribution in [2.75, 3.05) is 18.0 Å². The molecule has 0 unspecified atom stereocenters. The zero-order valence-corrected chi connectivity index (χ0v) is 19.6. The molecule has 0 fully saturated rings. The maximum atomic E-state index is 13.0. The van der Waals surface area contributed by atoms with Crippen molar-refractivity contribution >= 4 is 45.5 Å². The number of fused-ring (bicyclic) bond motifs is 1. The van der Waals surface area contributed by atoms with Crippen molar-refractivity contribution in [3.05, 3.63) is 33.8 Å². The van der Waals surface area contributed by atoms with Gasteiger partial charge in [0.05, 0.1) is 10.2 Å². The number of thiazole rings is 1. The fourth-order valence-electron chi connectivity index (χ4n) is 3.46. The van der Waals surface area contributed by atoms with Crippen LogP contribution in [-0.2, 0) is 12.8 Å². The first-order chi connectivity index (χ1) is 16.2. The molecule has 0 aliphatic rings. The van der Waals surface area contributed by atoms with Gasteiger partial charge in [0.1, 0.15) is 0 Å². The molecule has 4 aromatic rings. The van der Waals surface area contributed by atoms with Crippen LogP contribution < -0.4 is 10.2 Å². The molecule has 0 atom stereocenters. The van der Waals surface area contributed by atoms with Crippen LogP contribution in [0.4, 0.5) is 10.5 Å². The number of aryl methyl sites for hydroxylation is 2. The molecule has 0 radical (unpaired) electrons. The summed E-state index contributed by atoms with van der Waals surface area (Å²) in [6, 6.07) is 5.82. The van der Waals surface area contributed by atoms with Crippen molar-refractivity contribution in [1.29, 1.82) is 0 Å². The zero-order chi connectivity index (χ0) is 22.9. The van der Waals surface area contributed by atoms with Gasteiger partial charge in [0.25, 0.3) is 0 Å². The van der Waals surface area contributed by atoms with E-state index in [9.17, 15) is 4.79 Å². The van der Waals surface area contributed by atoms with Crippen LogP contribution in [0, 0.1) is 3.95 Å². The average molecular weight is 488 g/mol. The fraction of sp³-hybridized carbons (Fsp3) is 0.474. The average Bonchev–Trinajstić information content (AvgIpc) is 3.57. The number of carbonyl (C=O) groups excluding carboxylic acids is 1. The molecule has 0 spiro atoms. The molecule has 0 saturated heterocycles. The van der Waals surface area contributed by atoms with Gasteiger partial charge in [-0.25, -0.2) is 4.79 Å². The van der Waals surface area contributed by atoms with Gasteiger partial charge in [0.15, 0.2) is 15.6 Å². The lowest BCUT2D eigenvalue weighted by Gasteiger charge is -2.23. The van der Waals surface area contributed by atoms with Gasteiger partial charge in [-0.3, -0.25) is 4.90 Å². The van der Waals surface area contributed by atoms with E-state index in [-0.39, 0.29) is 6.03 Å². The number of aromatic amines is 3. The van der Waals surface area contributed by atoms with Gasteiger partial charge in [-0.05, 0) is 56.1 Å². The van der Waals surface area contributed by atoms with E-state index < -0.39 is 0 Å². The highest BCUT2D eigenvalue weighted by Crippen LogP contribution is 2.26. The highest BCUT2D eigenvalue weighted by atomic mass is 32.1.